The van der Waals surface area contributed by atoms with E-state index in [2.05, 4.69) is 13.8 Å². The second-order valence-electron chi connectivity index (χ2n) is 6.19. The highest BCUT2D eigenvalue weighted by molar-refractivity contribution is 6.00. The molecule has 0 unspecified atom stereocenters. The normalized spacial score (nSPS) is 25.9. The van der Waals surface area contributed by atoms with Gasteiger partial charge in [0.2, 0.25) is 6.23 Å². The number of ketones is 1. The summed E-state index contributed by atoms with van der Waals surface area (Å²) < 4.78 is 11.6. The maximum Gasteiger partial charge on any atom is 0.209 e. The molecule has 106 valence electrons. The quantitative estimate of drug-likeness (QED) is 0.786. The van der Waals surface area contributed by atoms with E-state index in [1.54, 1.807) is 0 Å². The predicted octanol–water partition coefficient (Wildman–Crippen LogP) is 2.47. The molecule has 0 aromatic heterocycles. The molecule has 1 heterocycles. The highest BCUT2D eigenvalue weighted by Crippen LogP contribution is 2.41. The van der Waals surface area contributed by atoms with E-state index in [-0.39, 0.29) is 17.4 Å². The maximum absolute atomic E-state index is 12.2. The first-order valence-corrected chi connectivity index (χ1v) is 6.78. The molecule has 1 aliphatic heterocycles. The smallest absolute Gasteiger partial charge is 0.209 e. The van der Waals surface area contributed by atoms with Gasteiger partial charge in [-0.15, -0.1) is 0 Å². The first kappa shape index (κ1) is 14.1. The Morgan fingerprint density at radius 2 is 2.11 bits per heavy atom. The molecule has 0 aromatic carbocycles. The fourth-order valence-corrected chi connectivity index (χ4v) is 2.59. The van der Waals surface area contributed by atoms with E-state index < -0.39 is 0 Å². The zero-order valence-corrected chi connectivity index (χ0v) is 12.4. The third-order valence-electron chi connectivity index (χ3n) is 3.44. The molecule has 0 radical (unpaired) electrons. The minimum Gasteiger partial charge on any atom is -0.493 e. The minimum atomic E-state index is -0.236. The van der Waals surface area contributed by atoms with Crippen LogP contribution >= 0.6 is 0 Å². The molecule has 0 bridgehead atoms. The molecule has 0 amide bonds. The Hall–Kier alpha value is -1.29. The Morgan fingerprint density at radius 1 is 1.42 bits per heavy atom. The summed E-state index contributed by atoms with van der Waals surface area (Å²) in [7, 11) is 3.89. The molecule has 0 aromatic rings. The van der Waals surface area contributed by atoms with Crippen molar-refractivity contribution in [1.82, 2.24) is 4.90 Å². The van der Waals surface area contributed by atoms with Crippen LogP contribution in [0, 0.1) is 5.41 Å². The standard InChI is InChI=1S/C15H23NO3/c1-6-18-12-7-10-11(17)8-15(2,3)9-13(10)19-14(12)16(4)5/h7,14H,6,8-9H2,1-5H3/t14-/m0/s1. The molecule has 19 heavy (non-hydrogen) atoms. The van der Waals surface area contributed by atoms with Crippen LogP contribution in [-0.4, -0.2) is 37.6 Å². The van der Waals surface area contributed by atoms with Crippen LogP contribution in [0.4, 0.5) is 0 Å². The van der Waals surface area contributed by atoms with Gasteiger partial charge in [0.25, 0.3) is 0 Å². The predicted molar refractivity (Wildman–Crippen MR) is 73.3 cm³/mol. The van der Waals surface area contributed by atoms with E-state index in [0.717, 1.165) is 17.9 Å². The molecule has 0 fully saturated rings. The number of ether oxygens (including phenoxy) is 2. The Balaban J connectivity index is 2.36. The lowest BCUT2D eigenvalue weighted by atomic mass is 9.76. The summed E-state index contributed by atoms with van der Waals surface area (Å²) in [5.74, 6) is 1.68. The molecule has 0 N–H and O–H groups in total. The van der Waals surface area contributed by atoms with E-state index in [0.29, 0.717) is 18.6 Å². The van der Waals surface area contributed by atoms with Gasteiger partial charge in [-0.2, -0.15) is 0 Å². The van der Waals surface area contributed by atoms with Crippen molar-refractivity contribution in [3.63, 3.8) is 0 Å². The lowest BCUT2D eigenvalue weighted by Crippen LogP contribution is -2.39. The first-order chi connectivity index (χ1) is 8.84. The Morgan fingerprint density at radius 3 is 2.68 bits per heavy atom. The van der Waals surface area contributed by atoms with Crippen LogP contribution in [-0.2, 0) is 14.3 Å². The van der Waals surface area contributed by atoms with Crippen LogP contribution < -0.4 is 0 Å². The van der Waals surface area contributed by atoms with Crippen molar-refractivity contribution in [3.05, 3.63) is 23.2 Å². The van der Waals surface area contributed by atoms with Gasteiger partial charge in [-0.1, -0.05) is 13.8 Å². The van der Waals surface area contributed by atoms with E-state index >= 15 is 0 Å². The number of carbonyl (C=O) groups is 1. The van der Waals surface area contributed by atoms with Crippen LogP contribution in [0.3, 0.4) is 0 Å². The van der Waals surface area contributed by atoms with Gasteiger partial charge < -0.3 is 9.47 Å². The number of rotatable bonds is 3. The van der Waals surface area contributed by atoms with Crippen molar-refractivity contribution in [3.8, 4) is 0 Å². The Kier molecular flexibility index (Phi) is 3.72. The van der Waals surface area contributed by atoms with E-state index in [1.165, 1.54) is 0 Å². The van der Waals surface area contributed by atoms with Gasteiger partial charge in [-0.3, -0.25) is 9.69 Å². The lowest BCUT2D eigenvalue weighted by molar-refractivity contribution is -0.119. The largest absolute Gasteiger partial charge is 0.493 e. The summed E-state index contributed by atoms with van der Waals surface area (Å²) in [5, 5.41) is 0. The third-order valence-corrected chi connectivity index (χ3v) is 3.44. The summed E-state index contributed by atoms with van der Waals surface area (Å²) in [6, 6.07) is 0. The lowest BCUT2D eigenvalue weighted by Gasteiger charge is -2.38. The van der Waals surface area contributed by atoms with Gasteiger partial charge in [0, 0.05) is 12.8 Å². The SMILES string of the molecule is CCOC1=CC2=C(CC(C)(C)CC2=O)O[C@@H]1N(C)C. The topological polar surface area (TPSA) is 38.8 Å². The van der Waals surface area contributed by atoms with Crippen molar-refractivity contribution in [1.29, 1.82) is 0 Å². The summed E-state index contributed by atoms with van der Waals surface area (Å²) in [4.78, 5) is 14.2. The molecule has 2 aliphatic rings. The third kappa shape index (κ3) is 2.84. The van der Waals surface area contributed by atoms with Gasteiger partial charge >= 0.3 is 0 Å². The molecule has 2 rings (SSSR count). The van der Waals surface area contributed by atoms with E-state index in [1.807, 2.05) is 32.0 Å². The second kappa shape index (κ2) is 5.00. The van der Waals surface area contributed by atoms with Crippen LogP contribution in [0.15, 0.2) is 23.2 Å². The number of hydrogen-bond acceptors (Lipinski definition) is 4. The van der Waals surface area contributed by atoms with Gasteiger partial charge in [0.05, 0.1) is 12.2 Å². The van der Waals surface area contributed by atoms with Crippen molar-refractivity contribution >= 4 is 5.78 Å². The van der Waals surface area contributed by atoms with E-state index in [4.69, 9.17) is 9.47 Å². The van der Waals surface area contributed by atoms with Gasteiger partial charge in [-0.25, -0.2) is 0 Å². The summed E-state index contributed by atoms with van der Waals surface area (Å²) in [6.07, 6.45) is 3.00. The highest BCUT2D eigenvalue weighted by Gasteiger charge is 2.38. The average Bonchev–Trinajstić information content (AvgIpc) is 2.28. The molecule has 1 atom stereocenters. The number of hydrogen-bond donors (Lipinski definition) is 0. The Labute approximate surface area is 115 Å². The maximum atomic E-state index is 12.2. The van der Waals surface area contributed by atoms with Gasteiger partial charge in [0.15, 0.2) is 11.5 Å². The number of nitrogens with zero attached hydrogens (tertiary/aromatic N) is 1. The average molecular weight is 265 g/mol. The van der Waals surface area contributed by atoms with Gasteiger partial charge in [-0.05, 0) is 32.5 Å². The molecule has 0 saturated carbocycles. The minimum absolute atomic E-state index is 0.0241. The highest BCUT2D eigenvalue weighted by atomic mass is 16.6. The summed E-state index contributed by atoms with van der Waals surface area (Å²) in [5.41, 5.74) is 0.671. The van der Waals surface area contributed by atoms with Crippen molar-refractivity contribution in [2.45, 2.75) is 39.8 Å². The number of carbonyl (C=O) groups excluding carboxylic acids is 1. The monoisotopic (exact) mass is 265 g/mol. The van der Waals surface area contributed by atoms with Crippen molar-refractivity contribution < 1.29 is 14.3 Å². The number of allylic oxidation sites excluding steroid dienone is 3. The summed E-state index contributed by atoms with van der Waals surface area (Å²) in [6.45, 7) is 6.71. The van der Waals surface area contributed by atoms with Crippen LogP contribution in [0.25, 0.3) is 0 Å². The van der Waals surface area contributed by atoms with Crippen molar-refractivity contribution in [2.75, 3.05) is 20.7 Å². The molecule has 0 spiro atoms. The first-order valence-electron chi connectivity index (χ1n) is 6.78. The Bertz CT molecular complexity index is 446. The van der Waals surface area contributed by atoms with Crippen LogP contribution in [0.5, 0.6) is 0 Å². The fourth-order valence-electron chi connectivity index (χ4n) is 2.59. The van der Waals surface area contributed by atoms with Crippen molar-refractivity contribution in [2.24, 2.45) is 5.41 Å². The molecule has 4 heteroatoms. The summed E-state index contributed by atoms with van der Waals surface area (Å²) >= 11 is 0. The molecular weight excluding hydrogens is 242 g/mol. The van der Waals surface area contributed by atoms with Crippen LogP contribution in [0.2, 0.25) is 0 Å². The van der Waals surface area contributed by atoms with Crippen LogP contribution in [0.1, 0.15) is 33.6 Å². The fraction of sp³-hybridized carbons (Fsp3) is 0.667. The molecular formula is C15H23NO3. The number of likely N-dealkylation sites (N-methyl/N-ethyl adjacent to an activating group) is 1. The molecule has 0 saturated heterocycles. The zero-order valence-electron chi connectivity index (χ0n) is 12.4. The zero-order chi connectivity index (χ0) is 14.2. The molecule has 1 aliphatic carbocycles. The number of Topliss-reactive ketones (excluding diaryl/α,β-unsaturated/α-hetero) is 1. The second-order valence-corrected chi connectivity index (χ2v) is 6.19. The van der Waals surface area contributed by atoms with E-state index in [9.17, 15) is 4.79 Å². The van der Waals surface area contributed by atoms with Gasteiger partial charge in [0.1, 0.15) is 5.76 Å². The molecule has 4 nitrogen and oxygen atoms in total.